The maximum atomic E-state index is 13.2. The number of benzene rings is 3. The standard InChI is InChI=1S/C28H20O8/c1-32-28(31)17-5-3-16(4-6-17)19-14-24(29)35-21-9-7-18-26(30)23(36-27(18)25(19)21)13-15-2-8-20-22(12-15)34-11-10-33-20/h2-9,12-13,19H,10-11,14H2,1H3/b23-13-/t19-/m0/s1. The maximum Gasteiger partial charge on any atom is 0.337 e. The van der Waals surface area contributed by atoms with Crippen molar-refractivity contribution in [1.82, 2.24) is 0 Å². The van der Waals surface area contributed by atoms with Crippen molar-refractivity contribution in [2.75, 3.05) is 20.3 Å². The quantitative estimate of drug-likeness (QED) is 0.308. The molecule has 0 bridgehead atoms. The number of allylic oxidation sites excluding steroid dienone is 1. The van der Waals surface area contributed by atoms with E-state index in [0.717, 1.165) is 11.1 Å². The molecule has 6 rings (SSSR count). The normalized spacial score (nSPS) is 18.7. The minimum absolute atomic E-state index is 0.0692. The molecule has 0 saturated heterocycles. The van der Waals surface area contributed by atoms with Crippen LogP contribution < -0.4 is 18.9 Å². The van der Waals surface area contributed by atoms with Crippen LogP contribution in [0, 0.1) is 0 Å². The van der Waals surface area contributed by atoms with E-state index in [1.807, 2.05) is 6.07 Å². The van der Waals surface area contributed by atoms with Gasteiger partial charge in [0.05, 0.1) is 24.7 Å². The van der Waals surface area contributed by atoms with Gasteiger partial charge in [-0.15, -0.1) is 0 Å². The lowest BCUT2D eigenvalue weighted by molar-refractivity contribution is -0.135. The lowest BCUT2D eigenvalue weighted by Gasteiger charge is -2.26. The van der Waals surface area contributed by atoms with Crippen molar-refractivity contribution < 1.29 is 38.1 Å². The molecule has 0 aliphatic carbocycles. The molecule has 0 spiro atoms. The third-order valence-corrected chi connectivity index (χ3v) is 6.38. The molecule has 0 radical (unpaired) electrons. The Labute approximate surface area is 206 Å². The molecule has 3 aromatic rings. The van der Waals surface area contributed by atoms with Crippen LogP contribution in [0.5, 0.6) is 23.0 Å². The molecule has 3 aliphatic rings. The number of rotatable bonds is 3. The van der Waals surface area contributed by atoms with Crippen molar-refractivity contribution in [1.29, 1.82) is 0 Å². The first-order valence-electron chi connectivity index (χ1n) is 11.4. The highest BCUT2D eigenvalue weighted by Gasteiger charge is 2.38. The molecule has 3 heterocycles. The Balaban J connectivity index is 1.38. The second-order valence-corrected chi connectivity index (χ2v) is 8.54. The van der Waals surface area contributed by atoms with Gasteiger partial charge in [0, 0.05) is 11.5 Å². The largest absolute Gasteiger partial charge is 0.486 e. The number of fused-ring (bicyclic) bond motifs is 4. The third kappa shape index (κ3) is 3.67. The number of Topliss-reactive ketones (excluding diaryl/α,β-unsaturated/α-hetero) is 1. The van der Waals surface area contributed by atoms with Crippen molar-refractivity contribution in [3.05, 3.63) is 88.2 Å². The van der Waals surface area contributed by atoms with E-state index < -0.39 is 11.9 Å². The van der Waals surface area contributed by atoms with E-state index in [0.29, 0.717) is 52.9 Å². The summed E-state index contributed by atoms with van der Waals surface area (Å²) in [6.07, 6.45) is 1.72. The lowest BCUT2D eigenvalue weighted by Crippen LogP contribution is -2.21. The molecule has 0 saturated carbocycles. The summed E-state index contributed by atoms with van der Waals surface area (Å²) in [4.78, 5) is 37.4. The molecular weight excluding hydrogens is 464 g/mol. The van der Waals surface area contributed by atoms with E-state index in [2.05, 4.69) is 0 Å². The Hall–Kier alpha value is -4.59. The van der Waals surface area contributed by atoms with Gasteiger partial charge in [-0.1, -0.05) is 18.2 Å². The highest BCUT2D eigenvalue weighted by molar-refractivity contribution is 6.15. The Morgan fingerprint density at radius 1 is 0.917 bits per heavy atom. The number of carbonyl (C=O) groups is 3. The van der Waals surface area contributed by atoms with Gasteiger partial charge >= 0.3 is 11.9 Å². The van der Waals surface area contributed by atoms with Crippen LogP contribution in [0.25, 0.3) is 6.08 Å². The van der Waals surface area contributed by atoms with Gasteiger partial charge in [-0.3, -0.25) is 9.59 Å². The van der Waals surface area contributed by atoms with E-state index in [4.69, 9.17) is 23.7 Å². The van der Waals surface area contributed by atoms with Crippen molar-refractivity contribution in [2.24, 2.45) is 0 Å². The fraction of sp³-hybridized carbons (Fsp3) is 0.179. The van der Waals surface area contributed by atoms with Crippen molar-refractivity contribution in [2.45, 2.75) is 12.3 Å². The Morgan fingerprint density at radius 3 is 2.44 bits per heavy atom. The van der Waals surface area contributed by atoms with Crippen LogP contribution in [-0.2, 0) is 9.53 Å². The van der Waals surface area contributed by atoms with E-state index >= 15 is 0 Å². The first-order chi connectivity index (χ1) is 17.5. The van der Waals surface area contributed by atoms with E-state index in [1.54, 1.807) is 54.6 Å². The predicted octanol–water partition coefficient (Wildman–Crippen LogP) is 4.30. The fourth-order valence-electron chi connectivity index (χ4n) is 4.66. The van der Waals surface area contributed by atoms with Crippen molar-refractivity contribution in [3.8, 4) is 23.0 Å². The molecule has 36 heavy (non-hydrogen) atoms. The van der Waals surface area contributed by atoms with Gasteiger partial charge in [0.25, 0.3) is 0 Å². The van der Waals surface area contributed by atoms with Crippen molar-refractivity contribution >= 4 is 23.8 Å². The smallest absolute Gasteiger partial charge is 0.337 e. The molecule has 0 aromatic heterocycles. The first kappa shape index (κ1) is 21.9. The Morgan fingerprint density at radius 2 is 1.67 bits per heavy atom. The molecule has 1 atom stereocenters. The van der Waals surface area contributed by atoms with Crippen LogP contribution in [0.3, 0.4) is 0 Å². The van der Waals surface area contributed by atoms with Gasteiger partial charge in [0.15, 0.2) is 17.3 Å². The minimum atomic E-state index is -0.450. The summed E-state index contributed by atoms with van der Waals surface area (Å²) in [6, 6.07) is 15.5. The molecule has 180 valence electrons. The molecule has 8 heteroatoms. The molecule has 0 unspecified atom stereocenters. The maximum absolute atomic E-state index is 13.2. The van der Waals surface area contributed by atoms with Gasteiger partial charge in [0.1, 0.15) is 24.7 Å². The average Bonchev–Trinajstić information content (AvgIpc) is 3.22. The number of ether oxygens (including phenoxy) is 5. The van der Waals surface area contributed by atoms with Crippen LogP contribution in [0.2, 0.25) is 0 Å². The Bertz CT molecular complexity index is 1450. The van der Waals surface area contributed by atoms with E-state index in [-0.39, 0.29) is 23.9 Å². The number of carbonyl (C=O) groups excluding carboxylic acids is 3. The monoisotopic (exact) mass is 484 g/mol. The zero-order valence-electron chi connectivity index (χ0n) is 19.2. The highest BCUT2D eigenvalue weighted by atomic mass is 16.6. The first-order valence-corrected chi connectivity index (χ1v) is 11.4. The summed E-state index contributed by atoms with van der Waals surface area (Å²) in [5.74, 6) is 0.627. The summed E-state index contributed by atoms with van der Waals surface area (Å²) >= 11 is 0. The molecule has 0 amide bonds. The van der Waals surface area contributed by atoms with Crippen LogP contribution in [0.4, 0.5) is 0 Å². The zero-order valence-corrected chi connectivity index (χ0v) is 19.2. The summed E-state index contributed by atoms with van der Waals surface area (Å²) in [7, 11) is 1.32. The minimum Gasteiger partial charge on any atom is -0.486 e. The van der Waals surface area contributed by atoms with Crippen LogP contribution in [0.15, 0.2) is 60.4 Å². The lowest BCUT2D eigenvalue weighted by atomic mass is 9.84. The van der Waals surface area contributed by atoms with Crippen LogP contribution in [0.1, 0.15) is 49.7 Å². The molecule has 3 aliphatic heterocycles. The van der Waals surface area contributed by atoms with Gasteiger partial charge in [-0.2, -0.15) is 0 Å². The number of esters is 2. The predicted molar refractivity (Wildman–Crippen MR) is 127 cm³/mol. The van der Waals surface area contributed by atoms with E-state index in [1.165, 1.54) is 7.11 Å². The van der Waals surface area contributed by atoms with Gasteiger partial charge in [-0.05, 0) is 53.6 Å². The highest BCUT2D eigenvalue weighted by Crippen LogP contribution is 2.49. The molecule has 0 fully saturated rings. The van der Waals surface area contributed by atoms with Gasteiger partial charge < -0.3 is 23.7 Å². The average molecular weight is 484 g/mol. The fourth-order valence-corrected chi connectivity index (χ4v) is 4.66. The SMILES string of the molecule is COC(=O)c1ccc([C@@H]2CC(=O)Oc3ccc4c(c32)O/C(=C\c2ccc3c(c2)OCCO3)C4=O)cc1. The number of ketones is 1. The second-order valence-electron chi connectivity index (χ2n) is 8.54. The second kappa shape index (κ2) is 8.57. The van der Waals surface area contributed by atoms with Gasteiger partial charge in [0.2, 0.25) is 5.78 Å². The van der Waals surface area contributed by atoms with E-state index in [9.17, 15) is 14.4 Å². The summed E-state index contributed by atoms with van der Waals surface area (Å²) in [5, 5.41) is 0. The van der Waals surface area contributed by atoms with Crippen LogP contribution >= 0.6 is 0 Å². The number of methoxy groups -OCH3 is 1. The summed E-state index contributed by atoms with van der Waals surface area (Å²) in [6.45, 7) is 0.952. The molecule has 0 N–H and O–H groups in total. The van der Waals surface area contributed by atoms with Crippen molar-refractivity contribution in [3.63, 3.8) is 0 Å². The summed E-state index contributed by atoms with van der Waals surface area (Å²) < 4.78 is 27.6. The third-order valence-electron chi connectivity index (χ3n) is 6.38. The zero-order chi connectivity index (χ0) is 24.8. The summed E-state index contributed by atoms with van der Waals surface area (Å²) in [5.41, 5.74) is 2.93. The molecular formula is C28H20O8. The number of hydrogen-bond donors (Lipinski definition) is 0. The topological polar surface area (TPSA) is 97.4 Å². The van der Waals surface area contributed by atoms with Gasteiger partial charge in [-0.25, -0.2) is 4.79 Å². The molecule has 3 aromatic carbocycles. The van der Waals surface area contributed by atoms with Crippen LogP contribution in [-0.4, -0.2) is 38.0 Å². The Kier molecular flexibility index (Phi) is 5.21. The molecule has 8 nitrogen and oxygen atoms in total. The number of hydrogen-bond acceptors (Lipinski definition) is 8.